The van der Waals surface area contributed by atoms with Gasteiger partial charge < -0.3 is 0 Å². The summed E-state index contributed by atoms with van der Waals surface area (Å²) in [4.78, 5) is 10.0. The maximum atomic E-state index is 10.5. The first-order chi connectivity index (χ1) is 10.8. The maximum absolute atomic E-state index is 10.5. The van der Waals surface area contributed by atoms with Gasteiger partial charge in [0.05, 0.1) is 4.92 Å². The Labute approximate surface area is 149 Å². The van der Waals surface area contributed by atoms with Crippen molar-refractivity contribution >= 4 is 11.8 Å². The van der Waals surface area contributed by atoms with Gasteiger partial charge in [-0.15, -0.1) is 5.73 Å². The molecule has 0 aliphatic heterocycles. The van der Waals surface area contributed by atoms with Crippen molar-refractivity contribution in [3.05, 3.63) is 115 Å². The molecule has 0 amide bonds. The van der Waals surface area contributed by atoms with Gasteiger partial charge in [-0.05, 0) is 87.6 Å². The molecule has 0 bridgehead atoms. The molecule has 4 heteroatoms. The smallest absolute Gasteiger partial charge is 0.258 e. The van der Waals surface area contributed by atoms with E-state index in [1.165, 1.54) is 12.1 Å². The number of allylic oxidation sites excluding steroid dienone is 1. The van der Waals surface area contributed by atoms with Crippen LogP contribution in [0.4, 0.5) is 5.69 Å². The van der Waals surface area contributed by atoms with Crippen LogP contribution in [0, 0.1) is 73.8 Å². The second-order valence-electron chi connectivity index (χ2n) is 4.48. The number of non-ortho nitro benzene ring substituents is 1. The second-order valence-corrected chi connectivity index (χ2v) is 4.48. The third kappa shape index (κ3) is 7.65. The predicted octanol–water partition coefficient (Wildman–Crippen LogP) is 4.19. The van der Waals surface area contributed by atoms with Gasteiger partial charge in [0, 0.05) is 18.1 Å². The molecule has 2 aliphatic carbocycles. The van der Waals surface area contributed by atoms with Crippen LogP contribution in [0.1, 0.15) is 5.56 Å². The number of nitrogens with zero attached hydrogens (tertiary/aromatic N) is 1. The molecule has 1 aromatic carbocycles. The zero-order chi connectivity index (χ0) is 15.6. The molecule has 3 rings (SSSR count). The van der Waals surface area contributed by atoms with Crippen LogP contribution in [0.15, 0.2) is 36.1 Å². The summed E-state index contributed by atoms with van der Waals surface area (Å²) in [5, 5.41) is 10.5. The number of nitro groups is 1. The fourth-order valence-electron chi connectivity index (χ4n) is 1.73. The summed E-state index contributed by atoms with van der Waals surface area (Å²) in [7, 11) is 0. The standard InChI is InChI=1S/C14H10NO2.C5H5.Fe/c16-15(17)14-10-8-13(9-11-14)7-3-6-12-4-1-2-5-12;1-2-4-5-3-1;/h1-2,4-11H;1-5H;/q;;+2. The van der Waals surface area contributed by atoms with Crippen molar-refractivity contribution in [1.29, 1.82) is 0 Å². The SMILES string of the molecule is O=[N+]([O-])c1ccc(C=C=C[C]2[CH][CH][CH][CH]2)cc1.[CH]1[CH][CH][CH][CH]1.[Fe+2]. The number of hydrogen-bond acceptors (Lipinski definition) is 2. The van der Waals surface area contributed by atoms with E-state index in [0.29, 0.717) is 0 Å². The topological polar surface area (TPSA) is 43.1 Å². The molecular formula is C19H15FeNO2+2. The zero-order valence-electron chi connectivity index (χ0n) is 12.3. The number of hydrogen-bond donors (Lipinski definition) is 0. The second kappa shape index (κ2) is 11.2. The fourth-order valence-corrected chi connectivity index (χ4v) is 1.73. The van der Waals surface area contributed by atoms with Gasteiger partial charge in [0.15, 0.2) is 0 Å². The Bertz CT molecular complexity index is 515. The predicted molar refractivity (Wildman–Crippen MR) is 87.6 cm³/mol. The van der Waals surface area contributed by atoms with Crippen molar-refractivity contribution in [3.8, 4) is 0 Å². The fraction of sp³-hybridized carbons (Fsp3) is 0. The van der Waals surface area contributed by atoms with Gasteiger partial charge in [0.1, 0.15) is 0 Å². The molecule has 23 heavy (non-hydrogen) atoms. The van der Waals surface area contributed by atoms with Crippen molar-refractivity contribution in [2.75, 3.05) is 0 Å². The molecule has 0 spiro atoms. The van der Waals surface area contributed by atoms with E-state index in [9.17, 15) is 10.1 Å². The van der Waals surface area contributed by atoms with E-state index < -0.39 is 4.92 Å². The number of nitro benzene ring substituents is 1. The Morgan fingerprint density at radius 1 is 0.826 bits per heavy atom. The summed E-state index contributed by atoms with van der Waals surface area (Å²) in [6.07, 6.45) is 21.5. The van der Waals surface area contributed by atoms with Crippen molar-refractivity contribution < 1.29 is 22.0 Å². The summed E-state index contributed by atoms with van der Waals surface area (Å²) in [5.41, 5.74) is 4.02. The molecule has 1 aromatic rings. The normalized spacial score (nSPS) is 16.5. The van der Waals surface area contributed by atoms with E-state index in [4.69, 9.17) is 0 Å². The van der Waals surface area contributed by atoms with Gasteiger partial charge in [-0.3, -0.25) is 10.1 Å². The van der Waals surface area contributed by atoms with Crippen LogP contribution < -0.4 is 0 Å². The molecule has 3 nitrogen and oxygen atoms in total. The molecule has 0 saturated heterocycles. The van der Waals surface area contributed by atoms with E-state index in [1.807, 2.05) is 63.9 Å². The molecule has 10 radical (unpaired) electrons. The first kappa shape index (κ1) is 19.7. The van der Waals surface area contributed by atoms with E-state index in [2.05, 4.69) is 5.73 Å². The van der Waals surface area contributed by atoms with Gasteiger partial charge in [0.25, 0.3) is 5.69 Å². The minimum absolute atomic E-state index is 0. The molecule has 0 heterocycles. The van der Waals surface area contributed by atoms with Crippen LogP contribution in [0.3, 0.4) is 0 Å². The summed E-state index contributed by atoms with van der Waals surface area (Å²) in [6, 6.07) is 6.36. The van der Waals surface area contributed by atoms with Crippen LogP contribution in [0.25, 0.3) is 6.08 Å². The summed E-state index contributed by atoms with van der Waals surface area (Å²) < 4.78 is 0. The van der Waals surface area contributed by atoms with E-state index >= 15 is 0 Å². The first-order valence-corrected chi connectivity index (χ1v) is 6.81. The Hall–Kier alpha value is -1.34. The summed E-state index contributed by atoms with van der Waals surface area (Å²) in [5.74, 6) is 1.09. The average Bonchev–Trinajstić information content (AvgIpc) is 3.24. The monoisotopic (exact) mass is 345 g/mol. The molecule has 0 atom stereocenters. The molecule has 2 saturated carbocycles. The van der Waals surface area contributed by atoms with E-state index in [0.717, 1.165) is 11.5 Å². The molecule has 0 unspecified atom stereocenters. The Morgan fingerprint density at radius 3 is 1.83 bits per heavy atom. The van der Waals surface area contributed by atoms with Crippen LogP contribution in [-0.2, 0) is 17.1 Å². The van der Waals surface area contributed by atoms with Crippen LogP contribution >= 0.6 is 0 Å². The van der Waals surface area contributed by atoms with E-state index in [-0.39, 0.29) is 22.8 Å². The van der Waals surface area contributed by atoms with Crippen molar-refractivity contribution in [2.45, 2.75) is 0 Å². The van der Waals surface area contributed by atoms with Gasteiger partial charge in [-0.1, -0.05) is 0 Å². The van der Waals surface area contributed by atoms with Gasteiger partial charge in [-0.2, -0.15) is 0 Å². The Morgan fingerprint density at radius 2 is 1.35 bits per heavy atom. The Balaban J connectivity index is 0.000000377. The molecule has 0 aromatic heterocycles. The summed E-state index contributed by atoms with van der Waals surface area (Å²) in [6.45, 7) is 0. The molecule has 2 fully saturated rings. The zero-order valence-corrected chi connectivity index (χ0v) is 13.4. The minimum Gasteiger partial charge on any atom is -0.258 e. The van der Waals surface area contributed by atoms with Gasteiger partial charge >= 0.3 is 17.1 Å². The third-order valence-corrected chi connectivity index (χ3v) is 2.85. The molecule has 114 valence electrons. The van der Waals surface area contributed by atoms with Crippen molar-refractivity contribution in [1.82, 2.24) is 0 Å². The van der Waals surface area contributed by atoms with Crippen LogP contribution in [-0.4, -0.2) is 4.92 Å². The largest absolute Gasteiger partial charge is 2.00 e. The van der Waals surface area contributed by atoms with Crippen molar-refractivity contribution in [2.24, 2.45) is 0 Å². The number of benzene rings is 1. The molecular weight excluding hydrogens is 330 g/mol. The average molecular weight is 345 g/mol. The van der Waals surface area contributed by atoms with Gasteiger partial charge in [0.2, 0.25) is 0 Å². The first-order valence-electron chi connectivity index (χ1n) is 6.81. The van der Waals surface area contributed by atoms with Gasteiger partial charge in [-0.25, -0.2) is 0 Å². The number of rotatable bonds is 3. The van der Waals surface area contributed by atoms with E-state index in [1.54, 1.807) is 18.2 Å². The molecule has 2 aliphatic rings. The third-order valence-electron chi connectivity index (χ3n) is 2.85. The quantitative estimate of drug-likeness (QED) is 0.357. The maximum Gasteiger partial charge on any atom is 2.00 e. The Kier molecular flexibility index (Phi) is 9.63. The molecule has 0 N–H and O–H groups in total. The van der Waals surface area contributed by atoms with Crippen LogP contribution in [0.5, 0.6) is 0 Å². The summed E-state index contributed by atoms with van der Waals surface area (Å²) >= 11 is 0. The van der Waals surface area contributed by atoms with Crippen LogP contribution in [0.2, 0.25) is 0 Å². The minimum atomic E-state index is -0.409. The van der Waals surface area contributed by atoms with Crippen molar-refractivity contribution in [3.63, 3.8) is 0 Å².